The van der Waals surface area contributed by atoms with Crippen LogP contribution in [0, 0.1) is 12.8 Å². The van der Waals surface area contributed by atoms with Crippen molar-refractivity contribution in [3.05, 3.63) is 36.3 Å². The first-order chi connectivity index (χ1) is 15.6. The monoisotopic (exact) mass is 434 g/mol. The number of aromatic nitrogens is 4. The lowest BCUT2D eigenvalue weighted by molar-refractivity contribution is -0.0977. The molecular formula is C24H30N6O2. The number of piperazine rings is 1. The number of benzene rings is 1. The average Bonchev–Trinajstić information content (AvgIpc) is 3.45. The number of aliphatic hydroxyl groups excluding tert-OH is 1. The number of hydrogen-bond donors (Lipinski definition) is 1. The predicted octanol–water partition coefficient (Wildman–Crippen LogP) is 1.92. The van der Waals surface area contributed by atoms with Gasteiger partial charge in [-0.1, -0.05) is 0 Å². The van der Waals surface area contributed by atoms with Gasteiger partial charge < -0.3 is 14.7 Å². The van der Waals surface area contributed by atoms with E-state index in [9.17, 15) is 5.11 Å². The Hall–Kier alpha value is -2.42. The molecule has 3 saturated carbocycles. The first-order valence-electron chi connectivity index (χ1n) is 11.9. The molecule has 2 saturated heterocycles. The van der Waals surface area contributed by atoms with Crippen LogP contribution >= 0.6 is 0 Å². The summed E-state index contributed by atoms with van der Waals surface area (Å²) in [5.74, 6) is 0.934. The molecule has 5 fully saturated rings. The van der Waals surface area contributed by atoms with Crippen LogP contribution in [0.2, 0.25) is 0 Å². The van der Waals surface area contributed by atoms with Crippen molar-refractivity contribution in [3.63, 3.8) is 0 Å². The smallest absolute Gasteiger partial charge is 0.103 e. The van der Waals surface area contributed by atoms with Crippen LogP contribution in [-0.4, -0.2) is 81.1 Å². The second kappa shape index (κ2) is 6.79. The lowest BCUT2D eigenvalue weighted by Gasteiger charge is -2.61. The van der Waals surface area contributed by atoms with Gasteiger partial charge in [0.1, 0.15) is 5.69 Å². The minimum Gasteiger partial charge on any atom is -0.389 e. The summed E-state index contributed by atoms with van der Waals surface area (Å²) in [4.78, 5) is 4.85. The van der Waals surface area contributed by atoms with Crippen LogP contribution in [0.1, 0.15) is 24.8 Å². The Labute approximate surface area is 187 Å². The Morgan fingerprint density at radius 1 is 1.03 bits per heavy atom. The van der Waals surface area contributed by atoms with Gasteiger partial charge in [-0.25, -0.2) is 4.68 Å². The zero-order valence-electron chi connectivity index (χ0n) is 18.5. The molecule has 2 aliphatic heterocycles. The molecule has 2 unspecified atom stereocenters. The summed E-state index contributed by atoms with van der Waals surface area (Å²) in [5.41, 5.74) is 5.02. The minimum atomic E-state index is -0.361. The van der Waals surface area contributed by atoms with Crippen molar-refractivity contribution in [2.24, 2.45) is 5.92 Å². The molecule has 2 aromatic heterocycles. The number of rotatable bonds is 4. The fourth-order valence-corrected chi connectivity index (χ4v) is 6.29. The molecule has 3 aromatic rings. The molecule has 1 aromatic carbocycles. The van der Waals surface area contributed by atoms with Gasteiger partial charge in [0.05, 0.1) is 55.0 Å². The van der Waals surface area contributed by atoms with E-state index in [1.165, 1.54) is 30.5 Å². The van der Waals surface area contributed by atoms with Gasteiger partial charge in [0.2, 0.25) is 0 Å². The van der Waals surface area contributed by atoms with E-state index in [1.54, 1.807) is 0 Å². The third kappa shape index (κ3) is 2.72. The van der Waals surface area contributed by atoms with Gasteiger partial charge in [0, 0.05) is 37.3 Å². The topological polar surface area (TPSA) is 71.6 Å². The molecule has 32 heavy (non-hydrogen) atoms. The highest BCUT2D eigenvalue weighted by Gasteiger charge is 2.58. The average molecular weight is 435 g/mol. The number of anilines is 1. The van der Waals surface area contributed by atoms with E-state index in [4.69, 9.17) is 14.9 Å². The Bertz CT molecular complexity index is 1160. The first-order valence-corrected chi connectivity index (χ1v) is 11.9. The molecule has 3 aliphatic carbocycles. The largest absolute Gasteiger partial charge is 0.389 e. The zero-order valence-corrected chi connectivity index (χ0v) is 18.5. The van der Waals surface area contributed by atoms with Crippen molar-refractivity contribution in [1.82, 2.24) is 24.5 Å². The number of aryl methyl sites for hydroxylation is 1. The van der Waals surface area contributed by atoms with Crippen LogP contribution in [0.4, 0.5) is 5.69 Å². The molecule has 4 heterocycles. The second-order valence-electron chi connectivity index (χ2n) is 10.3. The van der Waals surface area contributed by atoms with Crippen LogP contribution in [-0.2, 0) is 10.3 Å². The minimum absolute atomic E-state index is 0.139. The first kappa shape index (κ1) is 19.1. The number of hydrogen-bond acceptors (Lipinski definition) is 6. The van der Waals surface area contributed by atoms with Crippen molar-refractivity contribution in [1.29, 1.82) is 0 Å². The molecule has 5 aliphatic rings. The maximum Gasteiger partial charge on any atom is 0.103 e. The van der Waals surface area contributed by atoms with Crippen molar-refractivity contribution in [2.75, 3.05) is 44.3 Å². The van der Waals surface area contributed by atoms with Crippen LogP contribution in [0.25, 0.3) is 16.6 Å². The van der Waals surface area contributed by atoms with Gasteiger partial charge in [-0.05, 0) is 49.8 Å². The third-order valence-corrected chi connectivity index (χ3v) is 8.34. The molecule has 1 N–H and O–H groups in total. The van der Waals surface area contributed by atoms with E-state index in [2.05, 4.69) is 39.7 Å². The van der Waals surface area contributed by atoms with Crippen LogP contribution in [0.15, 0.2) is 30.7 Å². The molecule has 0 radical (unpaired) electrons. The van der Waals surface area contributed by atoms with E-state index in [1.807, 2.05) is 17.1 Å². The van der Waals surface area contributed by atoms with Gasteiger partial charge in [-0.2, -0.15) is 10.2 Å². The Balaban J connectivity index is 1.15. The van der Waals surface area contributed by atoms with Crippen LogP contribution in [0.5, 0.6) is 0 Å². The summed E-state index contributed by atoms with van der Waals surface area (Å²) in [6.07, 6.45) is 9.59. The van der Waals surface area contributed by atoms with Gasteiger partial charge in [-0.3, -0.25) is 9.58 Å². The third-order valence-electron chi connectivity index (χ3n) is 8.34. The van der Waals surface area contributed by atoms with E-state index < -0.39 is 0 Å². The molecular weight excluding hydrogens is 404 g/mol. The molecule has 0 spiro atoms. The maximum atomic E-state index is 10.2. The van der Waals surface area contributed by atoms with E-state index in [0.717, 1.165) is 48.7 Å². The number of aliphatic hydroxyl groups is 1. The van der Waals surface area contributed by atoms with Gasteiger partial charge in [0.25, 0.3) is 0 Å². The molecule has 8 heteroatoms. The molecule has 0 amide bonds. The standard InChI is InChI=1S/C24H30N6O2/c1-16-6-18-11-26-30(19-12-25-29(13-19)24-8-17(9-24)10-24)21(18)7-20(16)27-2-4-28(5-3-27)22-14-32-15-23(22)31/h6-7,11-13,17,22-23,31H,2-5,8-10,14-15H2,1H3. The maximum absolute atomic E-state index is 10.2. The molecule has 168 valence electrons. The highest BCUT2D eigenvalue weighted by Crippen LogP contribution is 2.62. The number of fused-ring (bicyclic) bond motifs is 1. The number of nitrogens with zero attached hydrogens (tertiary/aromatic N) is 6. The molecule has 8 rings (SSSR count). The Morgan fingerprint density at radius 2 is 1.84 bits per heavy atom. The predicted molar refractivity (Wildman–Crippen MR) is 121 cm³/mol. The molecule has 2 atom stereocenters. The Morgan fingerprint density at radius 3 is 2.53 bits per heavy atom. The SMILES string of the molecule is Cc1cc2cnn(-c3cnn(C45CC(C4)C5)c3)c2cc1N1CCN(C2COCC2O)CC1. The normalized spacial score (nSPS) is 32.3. The highest BCUT2D eigenvalue weighted by atomic mass is 16.5. The van der Waals surface area contributed by atoms with Gasteiger partial charge >= 0.3 is 0 Å². The van der Waals surface area contributed by atoms with Crippen molar-refractivity contribution >= 4 is 16.6 Å². The highest BCUT2D eigenvalue weighted by molar-refractivity contribution is 5.85. The van der Waals surface area contributed by atoms with Gasteiger partial charge in [0.15, 0.2) is 0 Å². The summed E-state index contributed by atoms with van der Waals surface area (Å²) >= 11 is 0. The van der Waals surface area contributed by atoms with Crippen LogP contribution < -0.4 is 4.90 Å². The zero-order chi connectivity index (χ0) is 21.4. The van der Waals surface area contributed by atoms with Crippen LogP contribution in [0.3, 0.4) is 0 Å². The second-order valence-corrected chi connectivity index (χ2v) is 10.3. The summed E-state index contributed by atoms with van der Waals surface area (Å²) < 4.78 is 9.69. The number of ether oxygens (including phenoxy) is 1. The van der Waals surface area contributed by atoms with E-state index in [-0.39, 0.29) is 12.1 Å². The quantitative estimate of drug-likeness (QED) is 0.677. The molecule has 2 bridgehead atoms. The Kier molecular flexibility index (Phi) is 4.05. The lowest BCUT2D eigenvalue weighted by atomic mass is 9.50. The summed E-state index contributed by atoms with van der Waals surface area (Å²) in [6, 6.07) is 4.68. The van der Waals surface area contributed by atoms with Crippen molar-refractivity contribution in [2.45, 2.75) is 43.9 Å². The summed E-state index contributed by atoms with van der Waals surface area (Å²) in [5, 5.41) is 20.8. The lowest BCUT2D eigenvalue weighted by Crippen LogP contribution is -2.59. The molecule has 8 nitrogen and oxygen atoms in total. The fraction of sp³-hybridized carbons (Fsp3) is 0.583. The van der Waals surface area contributed by atoms with Gasteiger partial charge in [-0.15, -0.1) is 0 Å². The van der Waals surface area contributed by atoms with E-state index >= 15 is 0 Å². The fourth-order valence-electron chi connectivity index (χ4n) is 6.29. The summed E-state index contributed by atoms with van der Waals surface area (Å²) in [7, 11) is 0. The van der Waals surface area contributed by atoms with E-state index in [0.29, 0.717) is 18.8 Å². The summed E-state index contributed by atoms with van der Waals surface area (Å²) in [6.45, 7) is 7.07. The van der Waals surface area contributed by atoms with Crippen molar-refractivity contribution in [3.8, 4) is 5.69 Å². The van der Waals surface area contributed by atoms with Crippen molar-refractivity contribution < 1.29 is 9.84 Å².